The third-order valence-electron chi connectivity index (χ3n) is 4.04. The molecule has 2 aromatic carbocycles. The van der Waals surface area contributed by atoms with E-state index in [4.69, 9.17) is 9.47 Å². The molecule has 0 unspecified atom stereocenters. The lowest BCUT2D eigenvalue weighted by atomic mass is 10.1. The Labute approximate surface area is 160 Å². The second-order valence-electron chi connectivity index (χ2n) is 5.84. The number of rotatable bonds is 4. The van der Waals surface area contributed by atoms with Gasteiger partial charge in [0.25, 0.3) is 0 Å². The first-order chi connectivity index (χ1) is 12.4. The molecule has 1 heterocycles. The molecule has 1 aliphatic heterocycles. The minimum Gasteiger partial charge on any atom is -0.423 e. The maximum absolute atomic E-state index is 12.9. The molecular formula is C18H18BrNO5S. The first-order valence-electron chi connectivity index (χ1n) is 8.04. The fraction of sp³-hybridized carbons (Fsp3) is 0.278. The lowest BCUT2D eigenvalue weighted by Crippen LogP contribution is -2.40. The summed E-state index contributed by atoms with van der Waals surface area (Å²) in [7, 11) is -3.69. The molecule has 0 aromatic heterocycles. The summed E-state index contributed by atoms with van der Waals surface area (Å²) >= 11 is 3.31. The number of sulfonamides is 1. The molecule has 0 atom stereocenters. The molecule has 2 aromatic rings. The maximum Gasteiger partial charge on any atom is 0.343 e. The van der Waals surface area contributed by atoms with E-state index < -0.39 is 16.0 Å². The molecule has 6 nitrogen and oxygen atoms in total. The highest BCUT2D eigenvalue weighted by atomic mass is 79.9. The number of ether oxygens (including phenoxy) is 2. The van der Waals surface area contributed by atoms with Crippen molar-refractivity contribution >= 4 is 31.9 Å². The largest absolute Gasteiger partial charge is 0.423 e. The minimum absolute atomic E-state index is 0.115. The van der Waals surface area contributed by atoms with Crippen LogP contribution in [0.3, 0.4) is 0 Å². The molecule has 0 spiro atoms. The van der Waals surface area contributed by atoms with E-state index in [2.05, 4.69) is 15.9 Å². The van der Waals surface area contributed by atoms with Crippen LogP contribution in [0, 0.1) is 6.92 Å². The molecular weight excluding hydrogens is 422 g/mol. The van der Waals surface area contributed by atoms with Crippen LogP contribution in [-0.4, -0.2) is 45.0 Å². The molecule has 0 amide bonds. The molecule has 0 N–H and O–H groups in total. The van der Waals surface area contributed by atoms with E-state index in [1.165, 1.54) is 10.4 Å². The number of nitrogens with zero attached hydrogens (tertiary/aromatic N) is 1. The van der Waals surface area contributed by atoms with E-state index in [1.54, 1.807) is 43.3 Å². The Kier molecular flexibility index (Phi) is 5.76. The van der Waals surface area contributed by atoms with Crippen molar-refractivity contribution in [3.63, 3.8) is 0 Å². The zero-order valence-electron chi connectivity index (χ0n) is 14.1. The predicted octanol–water partition coefficient (Wildman–Crippen LogP) is 3.00. The van der Waals surface area contributed by atoms with Crippen molar-refractivity contribution in [1.29, 1.82) is 0 Å². The molecule has 138 valence electrons. The van der Waals surface area contributed by atoms with Crippen LogP contribution in [0.1, 0.15) is 15.9 Å². The highest BCUT2D eigenvalue weighted by molar-refractivity contribution is 9.10. The van der Waals surface area contributed by atoms with Gasteiger partial charge < -0.3 is 9.47 Å². The van der Waals surface area contributed by atoms with Crippen molar-refractivity contribution in [2.75, 3.05) is 26.3 Å². The number of morpholine rings is 1. The number of carbonyl (C=O) groups excluding carboxylic acids is 1. The van der Waals surface area contributed by atoms with Crippen LogP contribution in [0.4, 0.5) is 0 Å². The number of hydrogen-bond donors (Lipinski definition) is 0. The van der Waals surface area contributed by atoms with Crippen molar-refractivity contribution in [2.45, 2.75) is 11.8 Å². The summed E-state index contributed by atoms with van der Waals surface area (Å²) in [6.45, 7) is 3.04. The summed E-state index contributed by atoms with van der Waals surface area (Å²) in [5.41, 5.74) is 0.766. The van der Waals surface area contributed by atoms with Crippen LogP contribution in [-0.2, 0) is 14.8 Å². The number of carbonyl (C=O) groups is 1. The highest BCUT2D eigenvalue weighted by Crippen LogP contribution is 2.23. The van der Waals surface area contributed by atoms with Gasteiger partial charge in [0, 0.05) is 17.6 Å². The van der Waals surface area contributed by atoms with Gasteiger partial charge in [0.1, 0.15) is 5.75 Å². The Hall–Kier alpha value is -1.74. The monoisotopic (exact) mass is 439 g/mol. The highest BCUT2D eigenvalue weighted by Gasteiger charge is 2.28. The lowest BCUT2D eigenvalue weighted by molar-refractivity contribution is 0.0727. The Balaban J connectivity index is 1.87. The number of halogens is 1. The molecule has 1 aliphatic rings. The zero-order valence-corrected chi connectivity index (χ0v) is 16.5. The van der Waals surface area contributed by atoms with Gasteiger partial charge in [-0.2, -0.15) is 4.31 Å². The van der Waals surface area contributed by atoms with Gasteiger partial charge in [0.05, 0.1) is 23.7 Å². The van der Waals surface area contributed by atoms with Crippen molar-refractivity contribution in [1.82, 2.24) is 4.31 Å². The summed E-state index contributed by atoms with van der Waals surface area (Å²) in [5.74, 6) is -0.220. The molecule has 0 saturated carbocycles. The quantitative estimate of drug-likeness (QED) is 0.540. The first kappa shape index (κ1) is 19.0. The van der Waals surface area contributed by atoms with E-state index in [-0.39, 0.29) is 10.5 Å². The van der Waals surface area contributed by atoms with E-state index in [9.17, 15) is 13.2 Å². The molecule has 1 fully saturated rings. The number of hydrogen-bond acceptors (Lipinski definition) is 5. The summed E-state index contributed by atoms with van der Waals surface area (Å²) in [4.78, 5) is 12.5. The second-order valence-corrected chi connectivity index (χ2v) is 8.66. The normalized spacial score (nSPS) is 15.6. The Morgan fingerprint density at radius 1 is 1.12 bits per heavy atom. The van der Waals surface area contributed by atoms with E-state index in [0.29, 0.717) is 37.6 Å². The average Bonchev–Trinajstić information content (AvgIpc) is 2.64. The topological polar surface area (TPSA) is 72.9 Å². The van der Waals surface area contributed by atoms with Crippen LogP contribution in [0.2, 0.25) is 0 Å². The Morgan fingerprint density at radius 3 is 2.42 bits per heavy atom. The van der Waals surface area contributed by atoms with Crippen LogP contribution < -0.4 is 4.74 Å². The van der Waals surface area contributed by atoms with E-state index in [0.717, 1.165) is 4.47 Å². The average molecular weight is 440 g/mol. The van der Waals surface area contributed by atoms with Crippen molar-refractivity contribution < 1.29 is 22.7 Å². The summed E-state index contributed by atoms with van der Waals surface area (Å²) < 4.78 is 38.6. The summed E-state index contributed by atoms with van der Waals surface area (Å²) in [5, 5.41) is 0. The Bertz CT molecular complexity index is 906. The van der Waals surface area contributed by atoms with E-state index >= 15 is 0 Å². The van der Waals surface area contributed by atoms with Gasteiger partial charge in [-0.05, 0) is 48.9 Å². The van der Waals surface area contributed by atoms with Gasteiger partial charge in [-0.1, -0.05) is 22.0 Å². The smallest absolute Gasteiger partial charge is 0.343 e. The van der Waals surface area contributed by atoms with Gasteiger partial charge in [-0.3, -0.25) is 0 Å². The number of aryl methyl sites for hydroxylation is 1. The molecule has 3 rings (SSSR count). The van der Waals surface area contributed by atoms with Gasteiger partial charge >= 0.3 is 5.97 Å². The maximum atomic E-state index is 12.9. The Morgan fingerprint density at radius 2 is 1.77 bits per heavy atom. The SMILES string of the molecule is Cc1ccc(C(=O)Oc2ccc(Br)cc2)cc1S(=O)(=O)N1CCOCC1. The molecule has 1 saturated heterocycles. The van der Waals surface area contributed by atoms with Crippen molar-refractivity contribution in [3.05, 3.63) is 58.1 Å². The minimum atomic E-state index is -3.69. The predicted molar refractivity (Wildman–Crippen MR) is 99.9 cm³/mol. The standard InChI is InChI=1S/C18H18BrNO5S/c1-13-2-3-14(18(21)25-16-6-4-15(19)5-7-16)12-17(13)26(22,23)20-8-10-24-11-9-20/h2-7,12H,8-11H2,1H3. The third kappa shape index (κ3) is 4.15. The molecule has 26 heavy (non-hydrogen) atoms. The summed E-state index contributed by atoms with van der Waals surface area (Å²) in [6.07, 6.45) is 0. The first-order valence-corrected chi connectivity index (χ1v) is 10.3. The van der Waals surface area contributed by atoms with E-state index in [1.807, 2.05) is 0 Å². The van der Waals surface area contributed by atoms with Crippen molar-refractivity contribution in [3.8, 4) is 5.75 Å². The fourth-order valence-electron chi connectivity index (χ4n) is 2.60. The van der Waals surface area contributed by atoms with Crippen molar-refractivity contribution in [2.24, 2.45) is 0 Å². The molecule has 0 bridgehead atoms. The number of benzene rings is 2. The van der Waals surface area contributed by atoms with Gasteiger partial charge in [-0.25, -0.2) is 13.2 Å². The van der Waals surface area contributed by atoms with Crippen LogP contribution >= 0.6 is 15.9 Å². The van der Waals surface area contributed by atoms with Crippen LogP contribution in [0.15, 0.2) is 51.8 Å². The second kappa shape index (κ2) is 7.87. The third-order valence-corrected chi connectivity index (χ3v) is 6.61. The van der Waals surface area contributed by atoms with Crippen LogP contribution in [0.5, 0.6) is 5.75 Å². The molecule has 8 heteroatoms. The fourth-order valence-corrected chi connectivity index (χ4v) is 4.52. The van der Waals surface area contributed by atoms with Gasteiger partial charge in [-0.15, -0.1) is 0 Å². The summed E-state index contributed by atoms with van der Waals surface area (Å²) in [6, 6.07) is 11.4. The van der Waals surface area contributed by atoms with Gasteiger partial charge in [0.2, 0.25) is 10.0 Å². The number of esters is 1. The van der Waals surface area contributed by atoms with Crippen LogP contribution in [0.25, 0.3) is 0 Å². The van der Waals surface area contributed by atoms with Gasteiger partial charge in [0.15, 0.2) is 0 Å². The zero-order chi connectivity index (χ0) is 18.7. The lowest BCUT2D eigenvalue weighted by Gasteiger charge is -2.26. The molecule has 0 aliphatic carbocycles. The molecule has 0 radical (unpaired) electrons.